The van der Waals surface area contributed by atoms with Gasteiger partial charge in [-0.3, -0.25) is 0 Å². The Labute approximate surface area is 125 Å². The summed E-state index contributed by atoms with van der Waals surface area (Å²) in [6, 6.07) is 7.69. The molecule has 1 aromatic heterocycles. The van der Waals surface area contributed by atoms with Gasteiger partial charge in [-0.2, -0.15) is 0 Å². The standard InChI is InChI=1S/C13H12Cl2N2O3/c14-8-3-1-4-9(12(8)15)17-13(19)16-7-10(18)11-5-2-6-20-11/h1-6,10,18H,7H2,(H2,16,17,19). The summed E-state index contributed by atoms with van der Waals surface area (Å²) in [5.41, 5.74) is 0.393. The largest absolute Gasteiger partial charge is 0.467 e. The highest BCUT2D eigenvalue weighted by molar-refractivity contribution is 6.43. The summed E-state index contributed by atoms with van der Waals surface area (Å²) in [6.45, 7) is 0.0114. The Balaban J connectivity index is 1.88. The Morgan fingerprint density at radius 1 is 1.30 bits per heavy atom. The lowest BCUT2D eigenvalue weighted by molar-refractivity contribution is 0.149. The number of carbonyl (C=O) groups is 1. The average molecular weight is 315 g/mol. The highest BCUT2D eigenvalue weighted by Crippen LogP contribution is 2.29. The van der Waals surface area contributed by atoms with E-state index >= 15 is 0 Å². The Hall–Kier alpha value is -1.69. The normalized spacial score (nSPS) is 11.9. The van der Waals surface area contributed by atoms with Gasteiger partial charge in [-0.15, -0.1) is 0 Å². The van der Waals surface area contributed by atoms with Gasteiger partial charge in [0.2, 0.25) is 0 Å². The maximum atomic E-state index is 11.7. The molecule has 3 N–H and O–H groups in total. The minimum atomic E-state index is -0.911. The number of urea groups is 1. The summed E-state index contributed by atoms with van der Waals surface area (Å²) in [5.74, 6) is 0.381. The average Bonchev–Trinajstić information content (AvgIpc) is 2.95. The van der Waals surface area contributed by atoms with Crippen molar-refractivity contribution in [1.82, 2.24) is 5.32 Å². The molecule has 20 heavy (non-hydrogen) atoms. The minimum Gasteiger partial charge on any atom is -0.467 e. The van der Waals surface area contributed by atoms with Crippen LogP contribution < -0.4 is 10.6 Å². The predicted molar refractivity (Wildman–Crippen MR) is 77.2 cm³/mol. The van der Waals surface area contributed by atoms with Crippen LogP contribution >= 0.6 is 23.2 Å². The number of hydrogen-bond acceptors (Lipinski definition) is 3. The summed E-state index contributed by atoms with van der Waals surface area (Å²) >= 11 is 11.8. The number of anilines is 1. The third-order valence-corrected chi connectivity index (χ3v) is 3.35. The van der Waals surface area contributed by atoms with E-state index in [4.69, 9.17) is 27.6 Å². The molecule has 0 aliphatic rings. The molecular formula is C13H12Cl2N2O3. The van der Waals surface area contributed by atoms with Gasteiger partial charge < -0.3 is 20.2 Å². The van der Waals surface area contributed by atoms with E-state index in [1.54, 1.807) is 30.3 Å². The lowest BCUT2D eigenvalue weighted by atomic mass is 10.3. The Morgan fingerprint density at radius 2 is 2.10 bits per heavy atom. The first kappa shape index (κ1) is 14.7. The van der Waals surface area contributed by atoms with Crippen molar-refractivity contribution in [2.24, 2.45) is 0 Å². The van der Waals surface area contributed by atoms with E-state index in [-0.39, 0.29) is 11.6 Å². The van der Waals surface area contributed by atoms with E-state index in [0.29, 0.717) is 16.5 Å². The number of amides is 2. The van der Waals surface area contributed by atoms with Crippen molar-refractivity contribution in [3.05, 3.63) is 52.4 Å². The van der Waals surface area contributed by atoms with E-state index < -0.39 is 12.1 Å². The van der Waals surface area contributed by atoms with Crippen LogP contribution in [-0.4, -0.2) is 17.7 Å². The third kappa shape index (κ3) is 3.66. The van der Waals surface area contributed by atoms with E-state index in [2.05, 4.69) is 10.6 Å². The second-order valence-electron chi connectivity index (χ2n) is 3.97. The SMILES string of the molecule is O=C(NCC(O)c1ccco1)Nc1cccc(Cl)c1Cl. The summed E-state index contributed by atoms with van der Waals surface area (Å²) < 4.78 is 5.02. The molecule has 0 bridgehead atoms. The third-order valence-electron chi connectivity index (χ3n) is 2.53. The summed E-state index contributed by atoms with van der Waals surface area (Å²) in [6.07, 6.45) is 0.537. The van der Waals surface area contributed by atoms with Gasteiger partial charge >= 0.3 is 6.03 Å². The number of furan rings is 1. The molecule has 5 nitrogen and oxygen atoms in total. The summed E-state index contributed by atoms with van der Waals surface area (Å²) in [4.78, 5) is 11.7. The van der Waals surface area contributed by atoms with E-state index in [1.807, 2.05) is 0 Å². The fourth-order valence-corrected chi connectivity index (χ4v) is 1.89. The molecule has 2 aromatic rings. The molecular weight excluding hydrogens is 303 g/mol. The highest BCUT2D eigenvalue weighted by atomic mass is 35.5. The first-order chi connectivity index (χ1) is 9.58. The zero-order chi connectivity index (χ0) is 14.5. The van der Waals surface area contributed by atoms with Crippen molar-refractivity contribution in [3.63, 3.8) is 0 Å². The first-order valence-electron chi connectivity index (χ1n) is 5.78. The van der Waals surface area contributed by atoms with Crippen LogP contribution in [0.5, 0.6) is 0 Å². The quantitative estimate of drug-likeness (QED) is 0.809. The van der Waals surface area contributed by atoms with Crippen LogP contribution in [0.25, 0.3) is 0 Å². The number of hydrogen-bond donors (Lipinski definition) is 3. The van der Waals surface area contributed by atoms with Crippen LogP contribution in [-0.2, 0) is 0 Å². The van der Waals surface area contributed by atoms with Crippen molar-refractivity contribution < 1.29 is 14.3 Å². The van der Waals surface area contributed by atoms with E-state index in [1.165, 1.54) is 6.26 Å². The van der Waals surface area contributed by atoms with Crippen molar-refractivity contribution >= 4 is 34.9 Å². The number of rotatable bonds is 4. The minimum absolute atomic E-state index is 0.0114. The van der Waals surface area contributed by atoms with Crippen molar-refractivity contribution in [3.8, 4) is 0 Å². The topological polar surface area (TPSA) is 74.5 Å². The van der Waals surface area contributed by atoms with Gasteiger partial charge in [-0.25, -0.2) is 4.79 Å². The van der Waals surface area contributed by atoms with Crippen molar-refractivity contribution in [1.29, 1.82) is 0 Å². The number of aliphatic hydroxyl groups excluding tert-OH is 1. The Morgan fingerprint density at radius 3 is 2.80 bits per heavy atom. The number of aliphatic hydroxyl groups is 1. The van der Waals surface area contributed by atoms with Gasteiger partial charge in [0.1, 0.15) is 11.9 Å². The molecule has 0 radical (unpaired) electrons. The maximum Gasteiger partial charge on any atom is 0.319 e. The van der Waals surface area contributed by atoms with Gasteiger partial charge in [-0.05, 0) is 24.3 Å². The number of carbonyl (C=O) groups excluding carboxylic acids is 1. The highest BCUT2D eigenvalue weighted by Gasteiger charge is 2.13. The van der Waals surface area contributed by atoms with Crippen LogP contribution in [0.3, 0.4) is 0 Å². The van der Waals surface area contributed by atoms with Crippen LogP contribution in [0.15, 0.2) is 41.0 Å². The van der Waals surface area contributed by atoms with E-state index in [0.717, 1.165) is 0 Å². The Bertz CT molecular complexity index is 587. The fourth-order valence-electron chi connectivity index (χ4n) is 1.54. The lowest BCUT2D eigenvalue weighted by Gasteiger charge is -2.12. The van der Waals surface area contributed by atoms with Crippen LogP contribution in [0.2, 0.25) is 10.0 Å². The molecule has 0 fully saturated rings. The second kappa shape index (κ2) is 6.65. The monoisotopic (exact) mass is 314 g/mol. The molecule has 0 aliphatic heterocycles. The maximum absolute atomic E-state index is 11.7. The zero-order valence-corrected chi connectivity index (χ0v) is 11.8. The predicted octanol–water partition coefficient (Wildman–Crippen LogP) is 3.44. The van der Waals surface area contributed by atoms with E-state index in [9.17, 15) is 9.90 Å². The van der Waals surface area contributed by atoms with Crippen molar-refractivity contribution in [2.45, 2.75) is 6.10 Å². The molecule has 7 heteroatoms. The van der Waals surface area contributed by atoms with Crippen molar-refractivity contribution in [2.75, 3.05) is 11.9 Å². The lowest BCUT2D eigenvalue weighted by Crippen LogP contribution is -2.32. The molecule has 106 valence electrons. The number of nitrogens with one attached hydrogen (secondary N) is 2. The molecule has 1 heterocycles. The fraction of sp³-hybridized carbons (Fsp3) is 0.154. The molecule has 1 aromatic carbocycles. The molecule has 0 saturated heterocycles. The van der Waals surface area contributed by atoms with Crippen LogP contribution in [0, 0.1) is 0 Å². The molecule has 1 atom stereocenters. The molecule has 0 saturated carbocycles. The van der Waals surface area contributed by atoms with Gasteiger partial charge in [-0.1, -0.05) is 29.3 Å². The molecule has 1 unspecified atom stereocenters. The number of benzene rings is 1. The van der Waals surface area contributed by atoms with Gasteiger partial charge in [0.25, 0.3) is 0 Å². The molecule has 0 spiro atoms. The number of halogens is 2. The molecule has 2 amide bonds. The van der Waals surface area contributed by atoms with Gasteiger partial charge in [0, 0.05) is 0 Å². The Kier molecular flexibility index (Phi) is 4.89. The molecule has 0 aliphatic carbocycles. The summed E-state index contributed by atoms with van der Waals surface area (Å²) in [5, 5.41) is 15.4. The second-order valence-corrected chi connectivity index (χ2v) is 4.75. The van der Waals surface area contributed by atoms with Gasteiger partial charge in [0.15, 0.2) is 0 Å². The van der Waals surface area contributed by atoms with Crippen LogP contribution in [0.4, 0.5) is 10.5 Å². The summed E-state index contributed by atoms with van der Waals surface area (Å²) in [7, 11) is 0. The first-order valence-corrected chi connectivity index (χ1v) is 6.54. The zero-order valence-electron chi connectivity index (χ0n) is 10.3. The molecule has 2 rings (SSSR count). The van der Waals surface area contributed by atoms with Gasteiger partial charge in [0.05, 0.1) is 28.5 Å². The smallest absolute Gasteiger partial charge is 0.319 e. The van der Waals surface area contributed by atoms with Crippen LogP contribution in [0.1, 0.15) is 11.9 Å².